The molecule has 0 saturated heterocycles. The third-order valence-corrected chi connectivity index (χ3v) is 2.43. The molecule has 2 nitrogen and oxygen atoms in total. The van der Waals surface area contributed by atoms with Crippen LogP contribution in [0, 0.1) is 0 Å². The van der Waals surface area contributed by atoms with E-state index < -0.39 is 0 Å². The summed E-state index contributed by atoms with van der Waals surface area (Å²) in [6.45, 7) is 5.98. The van der Waals surface area contributed by atoms with Crippen molar-refractivity contribution < 1.29 is 9.84 Å². The molecule has 0 amide bonds. The highest BCUT2D eigenvalue weighted by Gasteiger charge is 2.23. The molecule has 12 heavy (non-hydrogen) atoms. The summed E-state index contributed by atoms with van der Waals surface area (Å²) in [7, 11) is 0. The van der Waals surface area contributed by atoms with Crippen LogP contribution >= 0.6 is 0 Å². The summed E-state index contributed by atoms with van der Waals surface area (Å²) in [6, 6.07) is 0. The molecule has 1 aliphatic heterocycles. The monoisotopic (exact) mass is 170 g/mol. The van der Waals surface area contributed by atoms with Gasteiger partial charge >= 0.3 is 0 Å². The Morgan fingerprint density at radius 3 is 2.92 bits per heavy atom. The van der Waals surface area contributed by atoms with E-state index in [1.165, 1.54) is 5.57 Å². The number of aliphatic hydroxyl groups excluding tert-OH is 1. The van der Waals surface area contributed by atoms with Crippen molar-refractivity contribution in [1.29, 1.82) is 0 Å². The van der Waals surface area contributed by atoms with E-state index in [2.05, 4.69) is 19.9 Å². The van der Waals surface area contributed by atoms with Crippen molar-refractivity contribution in [3.8, 4) is 0 Å². The van der Waals surface area contributed by atoms with E-state index in [-0.39, 0.29) is 18.3 Å². The minimum absolute atomic E-state index is 0.00125. The van der Waals surface area contributed by atoms with Crippen LogP contribution in [-0.4, -0.2) is 23.4 Å². The van der Waals surface area contributed by atoms with Gasteiger partial charge in [0.2, 0.25) is 0 Å². The van der Waals surface area contributed by atoms with Crippen LogP contribution in [0.1, 0.15) is 33.6 Å². The molecular weight excluding hydrogens is 152 g/mol. The van der Waals surface area contributed by atoms with E-state index in [0.29, 0.717) is 0 Å². The summed E-state index contributed by atoms with van der Waals surface area (Å²) in [5.41, 5.74) is 1.30. The third-order valence-electron chi connectivity index (χ3n) is 2.43. The average Bonchev–Trinajstić information content (AvgIpc) is 2.05. The summed E-state index contributed by atoms with van der Waals surface area (Å²) in [6.07, 6.45) is 3.88. The maximum atomic E-state index is 9.32. The first kappa shape index (κ1) is 9.75. The predicted molar refractivity (Wildman–Crippen MR) is 49.0 cm³/mol. The Hall–Kier alpha value is -0.340. The molecular formula is C10H18O2. The van der Waals surface area contributed by atoms with Gasteiger partial charge in [0.05, 0.1) is 18.3 Å². The SMILES string of the molecule is CC[C@H]1O[C@@H](C(C)O)CC=C1C. The topological polar surface area (TPSA) is 29.5 Å². The summed E-state index contributed by atoms with van der Waals surface area (Å²) in [5, 5.41) is 9.32. The van der Waals surface area contributed by atoms with Gasteiger partial charge in [-0.05, 0) is 32.3 Å². The van der Waals surface area contributed by atoms with Gasteiger partial charge in [-0.15, -0.1) is 0 Å². The molecule has 0 radical (unpaired) electrons. The Morgan fingerprint density at radius 2 is 2.42 bits per heavy atom. The highest BCUT2D eigenvalue weighted by molar-refractivity contribution is 5.09. The van der Waals surface area contributed by atoms with Gasteiger partial charge in [-0.25, -0.2) is 0 Å². The van der Waals surface area contributed by atoms with Crippen LogP contribution in [0.15, 0.2) is 11.6 Å². The van der Waals surface area contributed by atoms with E-state index >= 15 is 0 Å². The molecule has 1 aliphatic rings. The van der Waals surface area contributed by atoms with Gasteiger partial charge in [0.1, 0.15) is 0 Å². The standard InChI is InChI=1S/C10H18O2/c1-4-9-7(2)5-6-10(12-9)8(3)11/h5,8-11H,4,6H2,1-3H3/t8?,9-,10-/m1/s1. The van der Waals surface area contributed by atoms with Crippen LogP contribution in [0.4, 0.5) is 0 Å². The largest absolute Gasteiger partial charge is 0.391 e. The molecule has 3 atom stereocenters. The summed E-state index contributed by atoms with van der Waals surface area (Å²) >= 11 is 0. The highest BCUT2D eigenvalue weighted by atomic mass is 16.5. The zero-order valence-electron chi connectivity index (χ0n) is 8.08. The van der Waals surface area contributed by atoms with Crippen LogP contribution in [0.25, 0.3) is 0 Å². The van der Waals surface area contributed by atoms with Gasteiger partial charge in [0.25, 0.3) is 0 Å². The molecule has 0 saturated carbocycles. The molecule has 1 rings (SSSR count). The third kappa shape index (κ3) is 2.08. The lowest BCUT2D eigenvalue weighted by Gasteiger charge is -2.30. The van der Waals surface area contributed by atoms with Crippen molar-refractivity contribution >= 4 is 0 Å². The lowest BCUT2D eigenvalue weighted by Crippen LogP contribution is -2.34. The first-order valence-electron chi connectivity index (χ1n) is 4.65. The fraction of sp³-hybridized carbons (Fsp3) is 0.800. The molecule has 1 heterocycles. The molecule has 70 valence electrons. The average molecular weight is 170 g/mol. The van der Waals surface area contributed by atoms with Crippen LogP contribution < -0.4 is 0 Å². The second-order valence-corrected chi connectivity index (χ2v) is 3.50. The molecule has 0 fully saturated rings. The maximum Gasteiger partial charge on any atom is 0.0873 e. The molecule has 0 aromatic rings. The summed E-state index contributed by atoms with van der Waals surface area (Å²) in [4.78, 5) is 0. The Labute approximate surface area is 74.2 Å². The van der Waals surface area contributed by atoms with E-state index in [1.54, 1.807) is 6.92 Å². The van der Waals surface area contributed by atoms with Crippen LogP contribution in [0.5, 0.6) is 0 Å². The zero-order valence-corrected chi connectivity index (χ0v) is 8.08. The van der Waals surface area contributed by atoms with Gasteiger partial charge in [-0.2, -0.15) is 0 Å². The van der Waals surface area contributed by atoms with Gasteiger partial charge in [-0.1, -0.05) is 13.0 Å². The lowest BCUT2D eigenvalue weighted by molar-refractivity contribution is -0.0645. The second kappa shape index (κ2) is 4.06. The van der Waals surface area contributed by atoms with Crippen molar-refractivity contribution in [1.82, 2.24) is 0 Å². The molecule has 0 aliphatic carbocycles. The lowest BCUT2D eigenvalue weighted by atomic mass is 10.0. The Kier molecular flexibility index (Phi) is 3.29. The number of ether oxygens (including phenoxy) is 1. The molecule has 0 aromatic heterocycles. The van der Waals surface area contributed by atoms with Gasteiger partial charge < -0.3 is 9.84 Å². The molecule has 2 heteroatoms. The summed E-state index contributed by atoms with van der Waals surface area (Å²) in [5.74, 6) is 0. The Balaban J connectivity index is 2.58. The minimum Gasteiger partial charge on any atom is -0.391 e. The van der Waals surface area contributed by atoms with E-state index in [0.717, 1.165) is 12.8 Å². The number of hydrogen-bond donors (Lipinski definition) is 1. The van der Waals surface area contributed by atoms with Crippen LogP contribution in [0.2, 0.25) is 0 Å². The highest BCUT2D eigenvalue weighted by Crippen LogP contribution is 2.22. The normalized spacial score (nSPS) is 32.8. The molecule has 0 aromatic carbocycles. The Morgan fingerprint density at radius 1 is 1.75 bits per heavy atom. The smallest absolute Gasteiger partial charge is 0.0873 e. The van der Waals surface area contributed by atoms with Gasteiger partial charge in [0, 0.05) is 0 Å². The van der Waals surface area contributed by atoms with Crippen LogP contribution in [-0.2, 0) is 4.74 Å². The van der Waals surface area contributed by atoms with Gasteiger partial charge in [-0.3, -0.25) is 0 Å². The molecule has 1 unspecified atom stereocenters. The van der Waals surface area contributed by atoms with Crippen molar-refractivity contribution in [2.75, 3.05) is 0 Å². The van der Waals surface area contributed by atoms with Crippen molar-refractivity contribution in [3.05, 3.63) is 11.6 Å². The molecule has 0 spiro atoms. The van der Waals surface area contributed by atoms with E-state index in [4.69, 9.17) is 4.74 Å². The summed E-state index contributed by atoms with van der Waals surface area (Å²) < 4.78 is 5.69. The van der Waals surface area contributed by atoms with Gasteiger partial charge in [0.15, 0.2) is 0 Å². The first-order valence-corrected chi connectivity index (χ1v) is 4.65. The number of aliphatic hydroxyl groups is 1. The Bertz CT molecular complexity index is 173. The fourth-order valence-electron chi connectivity index (χ4n) is 1.54. The second-order valence-electron chi connectivity index (χ2n) is 3.50. The zero-order chi connectivity index (χ0) is 9.14. The van der Waals surface area contributed by atoms with Crippen molar-refractivity contribution in [2.24, 2.45) is 0 Å². The van der Waals surface area contributed by atoms with Crippen molar-refractivity contribution in [2.45, 2.75) is 51.9 Å². The predicted octanol–water partition coefficient (Wildman–Crippen LogP) is 1.88. The fourth-order valence-corrected chi connectivity index (χ4v) is 1.54. The maximum absolute atomic E-state index is 9.32. The van der Waals surface area contributed by atoms with E-state index in [9.17, 15) is 5.11 Å². The quantitative estimate of drug-likeness (QED) is 0.641. The van der Waals surface area contributed by atoms with Crippen LogP contribution in [0.3, 0.4) is 0 Å². The number of rotatable bonds is 2. The van der Waals surface area contributed by atoms with Crippen molar-refractivity contribution in [3.63, 3.8) is 0 Å². The first-order chi connectivity index (χ1) is 5.65. The van der Waals surface area contributed by atoms with E-state index in [1.807, 2.05) is 0 Å². The molecule has 0 bridgehead atoms. The minimum atomic E-state index is -0.358. The number of hydrogen-bond acceptors (Lipinski definition) is 2. The molecule has 1 N–H and O–H groups in total.